The molecule has 112 valence electrons. The Bertz CT molecular complexity index is 718. The van der Waals surface area contributed by atoms with Crippen molar-refractivity contribution in [2.75, 3.05) is 0 Å². The van der Waals surface area contributed by atoms with E-state index in [0.29, 0.717) is 11.6 Å². The molecule has 2 atom stereocenters. The molecule has 22 heavy (non-hydrogen) atoms. The van der Waals surface area contributed by atoms with Crippen molar-refractivity contribution in [2.45, 2.75) is 44.7 Å². The molecule has 0 saturated carbocycles. The van der Waals surface area contributed by atoms with Gasteiger partial charge in [0.05, 0.1) is 11.7 Å². The van der Waals surface area contributed by atoms with Crippen LogP contribution in [0.4, 0.5) is 0 Å². The van der Waals surface area contributed by atoms with E-state index in [0.717, 1.165) is 49.0 Å². The van der Waals surface area contributed by atoms with E-state index in [1.165, 1.54) is 0 Å². The van der Waals surface area contributed by atoms with E-state index >= 15 is 0 Å². The normalized spacial score (nSPS) is 23.0. The van der Waals surface area contributed by atoms with Crippen molar-refractivity contribution in [1.29, 1.82) is 0 Å². The molecule has 0 aliphatic carbocycles. The van der Waals surface area contributed by atoms with Crippen LogP contribution in [0, 0.1) is 6.92 Å². The molecule has 2 aromatic heterocycles. The fourth-order valence-corrected chi connectivity index (χ4v) is 3.68. The van der Waals surface area contributed by atoms with Gasteiger partial charge in [-0.05, 0) is 38.7 Å². The average molecular weight is 295 g/mol. The van der Waals surface area contributed by atoms with Crippen molar-refractivity contribution in [1.82, 2.24) is 24.8 Å². The lowest BCUT2D eigenvalue weighted by atomic mass is 9.82. The maximum atomic E-state index is 11.5. The molecule has 2 aromatic rings. The molecule has 0 aromatic carbocycles. The molecule has 1 amide bonds. The highest BCUT2D eigenvalue weighted by molar-refractivity contribution is 5.60. The Balaban J connectivity index is 1.91. The lowest BCUT2D eigenvalue weighted by Crippen LogP contribution is -2.46. The van der Waals surface area contributed by atoms with Gasteiger partial charge in [-0.2, -0.15) is 0 Å². The first-order valence-electron chi connectivity index (χ1n) is 7.65. The Morgan fingerprint density at radius 3 is 2.82 bits per heavy atom. The van der Waals surface area contributed by atoms with Crippen molar-refractivity contribution in [2.24, 2.45) is 0 Å². The molecule has 6 heteroatoms. The van der Waals surface area contributed by atoms with Crippen LogP contribution in [0.25, 0.3) is 11.5 Å². The van der Waals surface area contributed by atoms with Crippen LogP contribution in [0.2, 0.25) is 0 Å². The van der Waals surface area contributed by atoms with E-state index in [1.807, 2.05) is 11.8 Å². The molecule has 4 heterocycles. The number of hydrogen-bond acceptors (Lipinski definition) is 5. The minimum absolute atomic E-state index is 0.0733. The van der Waals surface area contributed by atoms with E-state index in [-0.39, 0.29) is 12.1 Å². The molecule has 0 spiro atoms. The molecule has 1 saturated heterocycles. The van der Waals surface area contributed by atoms with E-state index in [4.69, 9.17) is 0 Å². The summed E-state index contributed by atoms with van der Waals surface area (Å²) in [6.45, 7) is 1.88. The smallest absolute Gasteiger partial charge is 0.210 e. The van der Waals surface area contributed by atoms with Gasteiger partial charge >= 0.3 is 0 Å². The van der Waals surface area contributed by atoms with E-state index in [2.05, 4.69) is 19.9 Å². The van der Waals surface area contributed by atoms with E-state index in [1.54, 1.807) is 18.5 Å². The Morgan fingerprint density at radius 2 is 2.05 bits per heavy atom. The largest absolute Gasteiger partial charge is 0.333 e. The number of aryl methyl sites for hydroxylation is 1. The van der Waals surface area contributed by atoms with Crippen molar-refractivity contribution >= 4 is 6.41 Å². The average Bonchev–Trinajstić information content (AvgIpc) is 2.55. The van der Waals surface area contributed by atoms with Crippen molar-refractivity contribution in [3.63, 3.8) is 0 Å². The van der Waals surface area contributed by atoms with Gasteiger partial charge in [0.15, 0.2) is 5.82 Å². The maximum absolute atomic E-state index is 11.5. The third kappa shape index (κ3) is 1.98. The molecule has 0 N–H and O–H groups in total. The van der Waals surface area contributed by atoms with Crippen LogP contribution >= 0.6 is 0 Å². The zero-order valence-corrected chi connectivity index (χ0v) is 12.4. The quantitative estimate of drug-likeness (QED) is 0.791. The number of amides is 1. The standard InChI is InChI=1S/C16H17N5O/c1-10-19-14-12(15(20-10)16-17-6-3-7-18-16)8-11-4-2-5-13(14)21(11)9-22/h3,6-7,9,11,13H,2,4-5,8H2,1H3/t11-,13+/m0/s1. The zero-order chi connectivity index (χ0) is 15.1. The zero-order valence-electron chi connectivity index (χ0n) is 12.4. The highest BCUT2D eigenvalue weighted by Gasteiger charge is 2.39. The van der Waals surface area contributed by atoms with Gasteiger partial charge in [-0.25, -0.2) is 19.9 Å². The van der Waals surface area contributed by atoms with Crippen molar-refractivity contribution in [3.8, 4) is 11.5 Å². The highest BCUT2D eigenvalue weighted by atomic mass is 16.1. The summed E-state index contributed by atoms with van der Waals surface area (Å²) in [4.78, 5) is 31.4. The molecule has 2 aliphatic rings. The van der Waals surface area contributed by atoms with Crippen LogP contribution in [0.1, 0.15) is 42.4 Å². The van der Waals surface area contributed by atoms with Crippen LogP contribution in [0.5, 0.6) is 0 Å². The summed E-state index contributed by atoms with van der Waals surface area (Å²) in [7, 11) is 0. The number of aromatic nitrogens is 4. The van der Waals surface area contributed by atoms with E-state index in [9.17, 15) is 4.79 Å². The third-order valence-corrected chi connectivity index (χ3v) is 4.60. The summed E-state index contributed by atoms with van der Waals surface area (Å²) in [5.41, 5.74) is 2.92. The molecule has 0 radical (unpaired) electrons. The van der Waals surface area contributed by atoms with Crippen LogP contribution in [-0.2, 0) is 11.2 Å². The van der Waals surface area contributed by atoms with Gasteiger partial charge in [-0.1, -0.05) is 0 Å². The number of carbonyl (C=O) groups excluding carboxylic acids is 1. The maximum Gasteiger partial charge on any atom is 0.210 e. The fourth-order valence-electron chi connectivity index (χ4n) is 3.68. The summed E-state index contributed by atoms with van der Waals surface area (Å²) < 4.78 is 0. The second-order valence-corrected chi connectivity index (χ2v) is 5.91. The molecule has 2 bridgehead atoms. The lowest BCUT2D eigenvalue weighted by Gasteiger charge is -2.44. The number of rotatable bonds is 2. The summed E-state index contributed by atoms with van der Waals surface area (Å²) in [5.74, 6) is 1.35. The van der Waals surface area contributed by atoms with Gasteiger partial charge in [0.2, 0.25) is 6.41 Å². The van der Waals surface area contributed by atoms with Crippen LogP contribution in [0.3, 0.4) is 0 Å². The Morgan fingerprint density at radius 1 is 1.23 bits per heavy atom. The fraction of sp³-hybridized carbons (Fsp3) is 0.438. The molecule has 2 aliphatic heterocycles. The highest BCUT2D eigenvalue weighted by Crippen LogP contribution is 2.42. The van der Waals surface area contributed by atoms with Crippen LogP contribution in [-0.4, -0.2) is 37.3 Å². The number of piperidine rings is 1. The minimum Gasteiger partial charge on any atom is -0.333 e. The van der Waals surface area contributed by atoms with Gasteiger partial charge in [-0.3, -0.25) is 4.79 Å². The number of carbonyl (C=O) groups is 1. The summed E-state index contributed by atoms with van der Waals surface area (Å²) in [6.07, 6.45) is 8.37. The number of hydrogen-bond donors (Lipinski definition) is 0. The predicted molar refractivity (Wildman–Crippen MR) is 79.8 cm³/mol. The van der Waals surface area contributed by atoms with Gasteiger partial charge in [0.1, 0.15) is 11.5 Å². The van der Waals surface area contributed by atoms with Crippen LogP contribution < -0.4 is 0 Å². The molecule has 4 rings (SSSR count). The molecule has 6 nitrogen and oxygen atoms in total. The first-order valence-corrected chi connectivity index (χ1v) is 7.65. The molecular formula is C16H17N5O. The predicted octanol–water partition coefficient (Wildman–Crippen LogP) is 1.85. The number of fused-ring (bicyclic) bond motifs is 4. The third-order valence-electron chi connectivity index (χ3n) is 4.60. The van der Waals surface area contributed by atoms with Crippen molar-refractivity contribution < 1.29 is 4.79 Å². The van der Waals surface area contributed by atoms with Crippen LogP contribution in [0.15, 0.2) is 18.5 Å². The SMILES string of the molecule is Cc1nc(-c2ncccn2)c2c(n1)[C@H]1CCC[C@@H](C2)N1C=O. The summed E-state index contributed by atoms with van der Waals surface area (Å²) >= 11 is 0. The second-order valence-electron chi connectivity index (χ2n) is 5.91. The van der Waals surface area contributed by atoms with Gasteiger partial charge in [0, 0.05) is 24.0 Å². The van der Waals surface area contributed by atoms with Gasteiger partial charge in [-0.15, -0.1) is 0 Å². The molecule has 1 fully saturated rings. The van der Waals surface area contributed by atoms with Gasteiger partial charge < -0.3 is 4.90 Å². The first-order chi connectivity index (χ1) is 10.8. The monoisotopic (exact) mass is 295 g/mol. The summed E-state index contributed by atoms with van der Waals surface area (Å²) in [5, 5.41) is 0. The summed E-state index contributed by atoms with van der Waals surface area (Å²) in [6, 6.07) is 2.12. The molecule has 0 unspecified atom stereocenters. The minimum atomic E-state index is 0.0733. The second kappa shape index (κ2) is 5.12. The first kappa shape index (κ1) is 13.3. The Labute approximate surface area is 128 Å². The topological polar surface area (TPSA) is 71.9 Å². The molecular weight excluding hydrogens is 278 g/mol. The Kier molecular flexibility index (Phi) is 3.10. The van der Waals surface area contributed by atoms with Crippen molar-refractivity contribution in [3.05, 3.63) is 35.5 Å². The van der Waals surface area contributed by atoms with Gasteiger partial charge in [0.25, 0.3) is 0 Å². The van der Waals surface area contributed by atoms with E-state index < -0.39 is 0 Å². The lowest BCUT2D eigenvalue weighted by molar-refractivity contribution is -0.125. The number of nitrogens with zero attached hydrogens (tertiary/aromatic N) is 5. The Hall–Kier alpha value is -2.37.